The van der Waals surface area contributed by atoms with Crippen LogP contribution in [-0.2, 0) is 19.6 Å². The second-order valence-electron chi connectivity index (χ2n) is 3.31. The highest BCUT2D eigenvalue weighted by molar-refractivity contribution is 9.10. The van der Waals surface area contributed by atoms with Crippen LogP contribution < -0.4 is 10.5 Å². The van der Waals surface area contributed by atoms with Gasteiger partial charge in [-0.15, -0.1) is 0 Å². The number of sulfonamides is 1. The molecular weight excluding hydrogens is 328 g/mol. The number of carbonyl (C=O) groups is 2. The Morgan fingerprint density at radius 3 is 2.44 bits per heavy atom. The number of aliphatic carboxylic acids is 1. The second-order valence-corrected chi connectivity index (χ2v) is 5.72. The Bertz CT molecular complexity index is 599. The van der Waals surface area contributed by atoms with Gasteiger partial charge in [0, 0.05) is 4.47 Å². The molecule has 1 amide bonds. The van der Waals surface area contributed by atoms with Gasteiger partial charge in [0.15, 0.2) is 0 Å². The van der Waals surface area contributed by atoms with E-state index in [1.807, 2.05) is 0 Å². The Hall–Kier alpha value is -1.45. The number of carbonyl (C=O) groups excluding carboxylic acids is 1. The number of hydrogen-bond acceptors (Lipinski definition) is 4. The zero-order valence-electron chi connectivity index (χ0n) is 8.88. The lowest BCUT2D eigenvalue weighted by atomic mass is 10.3. The zero-order valence-corrected chi connectivity index (χ0v) is 11.3. The monoisotopic (exact) mass is 336 g/mol. The Kier molecular flexibility index (Phi) is 4.43. The molecule has 0 aliphatic rings. The van der Waals surface area contributed by atoms with Crippen molar-refractivity contribution in [3.8, 4) is 0 Å². The topological polar surface area (TPSA) is 127 Å². The highest BCUT2D eigenvalue weighted by atomic mass is 79.9. The predicted octanol–water partition coefficient (Wildman–Crippen LogP) is 0.510. The van der Waals surface area contributed by atoms with E-state index in [9.17, 15) is 18.0 Å². The Balaban J connectivity index is 2.94. The van der Waals surface area contributed by atoms with Gasteiger partial charge in [-0.3, -0.25) is 9.59 Å². The van der Waals surface area contributed by atoms with Crippen LogP contribution in [0, 0.1) is 0 Å². The summed E-state index contributed by atoms with van der Waals surface area (Å²) >= 11 is 3.05. The van der Waals surface area contributed by atoms with Gasteiger partial charge in [-0.2, -0.15) is 0 Å². The highest BCUT2D eigenvalue weighted by Gasteiger charge is 2.13. The lowest BCUT2D eigenvalue weighted by Crippen LogP contribution is -2.17. The van der Waals surface area contributed by atoms with E-state index in [0.717, 1.165) is 0 Å². The van der Waals surface area contributed by atoms with Crippen molar-refractivity contribution in [1.29, 1.82) is 0 Å². The van der Waals surface area contributed by atoms with Crippen LogP contribution in [0.3, 0.4) is 0 Å². The molecule has 18 heavy (non-hydrogen) atoms. The standard InChI is InChI=1S/C9H9BrN2O5S/c10-6-3-5(18(11,16)17)1-2-7(6)12-8(13)4-9(14)15/h1-3H,4H2,(H,12,13)(H,14,15)(H2,11,16,17). The number of rotatable bonds is 4. The van der Waals surface area contributed by atoms with Crippen molar-refractivity contribution in [3.05, 3.63) is 22.7 Å². The van der Waals surface area contributed by atoms with Gasteiger partial charge in [0.2, 0.25) is 15.9 Å². The summed E-state index contributed by atoms with van der Waals surface area (Å²) in [6.07, 6.45) is -0.677. The first-order valence-electron chi connectivity index (χ1n) is 4.54. The van der Waals surface area contributed by atoms with Crippen molar-refractivity contribution in [3.63, 3.8) is 0 Å². The van der Waals surface area contributed by atoms with Crippen LogP contribution in [0.2, 0.25) is 0 Å². The Morgan fingerprint density at radius 1 is 1.39 bits per heavy atom. The van der Waals surface area contributed by atoms with E-state index >= 15 is 0 Å². The summed E-state index contributed by atoms with van der Waals surface area (Å²) in [5.41, 5.74) is 0.258. The minimum Gasteiger partial charge on any atom is -0.481 e. The van der Waals surface area contributed by atoms with Gasteiger partial charge in [-0.25, -0.2) is 13.6 Å². The largest absolute Gasteiger partial charge is 0.481 e. The molecule has 0 aromatic heterocycles. The molecule has 0 atom stereocenters. The molecule has 0 fully saturated rings. The molecule has 4 N–H and O–H groups in total. The highest BCUT2D eigenvalue weighted by Crippen LogP contribution is 2.25. The molecule has 1 aromatic rings. The number of nitrogens with one attached hydrogen (secondary N) is 1. The van der Waals surface area contributed by atoms with E-state index in [1.165, 1.54) is 18.2 Å². The zero-order chi connectivity index (χ0) is 13.9. The van der Waals surface area contributed by atoms with Crippen LogP contribution in [0.25, 0.3) is 0 Å². The molecule has 0 radical (unpaired) electrons. The first kappa shape index (κ1) is 14.6. The number of anilines is 1. The molecule has 98 valence electrons. The first-order chi connectivity index (χ1) is 8.20. The van der Waals surface area contributed by atoms with Gasteiger partial charge in [0.05, 0.1) is 10.6 Å². The van der Waals surface area contributed by atoms with Crippen molar-refractivity contribution in [2.75, 3.05) is 5.32 Å². The maximum atomic E-state index is 11.2. The molecule has 0 heterocycles. The van der Waals surface area contributed by atoms with E-state index in [2.05, 4.69) is 21.2 Å². The summed E-state index contributed by atoms with van der Waals surface area (Å²) in [5.74, 6) is -1.98. The van der Waals surface area contributed by atoms with Gasteiger partial charge < -0.3 is 10.4 Å². The maximum absolute atomic E-state index is 11.2. The van der Waals surface area contributed by atoms with E-state index < -0.39 is 28.3 Å². The lowest BCUT2D eigenvalue weighted by Gasteiger charge is -2.07. The quantitative estimate of drug-likeness (QED) is 0.690. The summed E-state index contributed by atoms with van der Waals surface area (Å²) in [4.78, 5) is 21.4. The van der Waals surface area contributed by atoms with Crippen LogP contribution in [0.15, 0.2) is 27.6 Å². The van der Waals surface area contributed by atoms with E-state index in [-0.39, 0.29) is 15.1 Å². The van der Waals surface area contributed by atoms with Crippen LogP contribution in [0.5, 0.6) is 0 Å². The number of benzene rings is 1. The molecule has 1 aromatic carbocycles. The van der Waals surface area contributed by atoms with Crippen LogP contribution in [-0.4, -0.2) is 25.4 Å². The Morgan fingerprint density at radius 2 is 2.00 bits per heavy atom. The lowest BCUT2D eigenvalue weighted by molar-refractivity contribution is -0.139. The average Bonchev–Trinajstić information content (AvgIpc) is 2.18. The molecule has 0 unspecified atom stereocenters. The molecule has 0 bridgehead atoms. The number of nitrogens with two attached hydrogens (primary N) is 1. The minimum absolute atomic E-state index is 0.120. The fourth-order valence-corrected chi connectivity index (χ4v) is 2.28. The summed E-state index contributed by atoms with van der Waals surface area (Å²) in [6, 6.07) is 3.73. The van der Waals surface area contributed by atoms with Gasteiger partial charge in [0.25, 0.3) is 0 Å². The van der Waals surface area contributed by atoms with Crippen LogP contribution in [0.1, 0.15) is 6.42 Å². The number of halogens is 1. The predicted molar refractivity (Wildman–Crippen MR) is 66.4 cm³/mol. The van der Waals surface area contributed by atoms with Crippen molar-refractivity contribution in [1.82, 2.24) is 0 Å². The fraction of sp³-hybridized carbons (Fsp3) is 0.111. The minimum atomic E-state index is -3.83. The molecular formula is C9H9BrN2O5S. The summed E-state index contributed by atoms with van der Waals surface area (Å²) in [6.45, 7) is 0. The molecule has 0 aliphatic carbocycles. The van der Waals surface area contributed by atoms with E-state index in [1.54, 1.807) is 0 Å². The van der Waals surface area contributed by atoms with E-state index in [0.29, 0.717) is 0 Å². The van der Waals surface area contributed by atoms with Crippen molar-refractivity contribution >= 4 is 43.5 Å². The van der Waals surface area contributed by atoms with Crippen molar-refractivity contribution in [2.45, 2.75) is 11.3 Å². The SMILES string of the molecule is NS(=O)(=O)c1ccc(NC(=O)CC(=O)O)c(Br)c1. The van der Waals surface area contributed by atoms with E-state index in [4.69, 9.17) is 10.2 Å². The third-order valence-electron chi connectivity index (χ3n) is 1.85. The number of primary sulfonamides is 1. The normalized spacial score (nSPS) is 11.0. The van der Waals surface area contributed by atoms with Gasteiger partial charge >= 0.3 is 5.97 Å². The van der Waals surface area contributed by atoms with Gasteiger partial charge in [-0.1, -0.05) is 0 Å². The summed E-state index contributed by atoms with van der Waals surface area (Å²) < 4.78 is 22.4. The van der Waals surface area contributed by atoms with Gasteiger partial charge in [0.1, 0.15) is 6.42 Å². The number of carboxylic acids is 1. The third-order valence-corrected chi connectivity index (χ3v) is 3.42. The van der Waals surface area contributed by atoms with Crippen molar-refractivity contribution < 1.29 is 23.1 Å². The molecule has 0 spiro atoms. The smallest absolute Gasteiger partial charge is 0.312 e. The molecule has 0 saturated carbocycles. The third kappa shape index (κ3) is 4.09. The number of hydrogen-bond donors (Lipinski definition) is 3. The summed E-state index contributed by atoms with van der Waals surface area (Å²) in [7, 11) is -3.83. The molecule has 7 nitrogen and oxygen atoms in total. The molecule has 0 aliphatic heterocycles. The molecule has 1 rings (SSSR count). The second kappa shape index (κ2) is 5.46. The Labute approximate surface area is 111 Å². The van der Waals surface area contributed by atoms with Crippen LogP contribution in [0.4, 0.5) is 5.69 Å². The maximum Gasteiger partial charge on any atom is 0.312 e. The van der Waals surface area contributed by atoms with Gasteiger partial charge in [-0.05, 0) is 34.1 Å². The summed E-state index contributed by atoms with van der Waals surface area (Å²) in [5, 5.41) is 15.7. The first-order valence-corrected chi connectivity index (χ1v) is 6.88. The molecule has 9 heteroatoms. The van der Waals surface area contributed by atoms with Crippen LogP contribution >= 0.6 is 15.9 Å². The van der Waals surface area contributed by atoms with Crippen molar-refractivity contribution in [2.24, 2.45) is 5.14 Å². The number of amides is 1. The fourth-order valence-electron chi connectivity index (χ4n) is 1.11. The number of carboxylic acid groups (broad SMARTS) is 1. The molecule has 0 saturated heterocycles. The average molecular weight is 337 g/mol.